The summed E-state index contributed by atoms with van der Waals surface area (Å²) in [6.07, 6.45) is 0. The number of nitro benzene ring substituents is 1. The number of nitro groups is 1. The number of hydrogen-bond donors (Lipinski definition) is 3. The van der Waals surface area contributed by atoms with E-state index in [0.717, 1.165) is 13.1 Å². The van der Waals surface area contributed by atoms with Crippen LogP contribution in [0.1, 0.15) is 15.9 Å². The first-order chi connectivity index (χ1) is 13.5. The SMILES string of the molecule is COc1ccc(CNC(=O)c2cc([N+](=O)[O-])ccc2N2CCNCC2)cc1O. The summed E-state index contributed by atoms with van der Waals surface area (Å²) in [5, 5.41) is 27.0. The lowest BCUT2D eigenvalue weighted by atomic mass is 10.1. The summed E-state index contributed by atoms with van der Waals surface area (Å²) in [6, 6.07) is 9.18. The van der Waals surface area contributed by atoms with Crippen molar-refractivity contribution in [2.75, 3.05) is 38.2 Å². The van der Waals surface area contributed by atoms with E-state index in [1.165, 1.54) is 25.3 Å². The van der Waals surface area contributed by atoms with Gasteiger partial charge in [0.15, 0.2) is 11.5 Å². The molecule has 1 heterocycles. The van der Waals surface area contributed by atoms with Crippen LogP contribution >= 0.6 is 0 Å². The Morgan fingerprint density at radius 3 is 2.68 bits per heavy atom. The minimum absolute atomic E-state index is 0.0221. The molecule has 3 N–H and O–H groups in total. The Labute approximate surface area is 162 Å². The predicted molar refractivity (Wildman–Crippen MR) is 104 cm³/mol. The number of methoxy groups -OCH3 is 1. The number of carbonyl (C=O) groups excluding carboxylic acids is 1. The van der Waals surface area contributed by atoms with Crippen LogP contribution in [-0.2, 0) is 6.54 Å². The van der Waals surface area contributed by atoms with Gasteiger partial charge in [0.25, 0.3) is 11.6 Å². The van der Waals surface area contributed by atoms with Gasteiger partial charge in [0, 0.05) is 44.9 Å². The molecule has 0 aromatic heterocycles. The number of piperazine rings is 1. The smallest absolute Gasteiger partial charge is 0.270 e. The third kappa shape index (κ3) is 4.32. The molecule has 2 aromatic rings. The van der Waals surface area contributed by atoms with Crippen molar-refractivity contribution in [1.29, 1.82) is 0 Å². The fourth-order valence-corrected chi connectivity index (χ4v) is 3.12. The van der Waals surface area contributed by atoms with E-state index in [9.17, 15) is 20.0 Å². The van der Waals surface area contributed by atoms with Gasteiger partial charge in [-0.3, -0.25) is 14.9 Å². The lowest BCUT2D eigenvalue weighted by molar-refractivity contribution is -0.384. The van der Waals surface area contributed by atoms with Crippen LogP contribution in [0, 0.1) is 10.1 Å². The van der Waals surface area contributed by atoms with Crippen molar-refractivity contribution in [2.45, 2.75) is 6.54 Å². The van der Waals surface area contributed by atoms with E-state index in [1.807, 2.05) is 4.90 Å². The maximum Gasteiger partial charge on any atom is 0.270 e. The van der Waals surface area contributed by atoms with E-state index in [-0.39, 0.29) is 23.5 Å². The lowest BCUT2D eigenvalue weighted by Crippen LogP contribution is -2.44. The van der Waals surface area contributed by atoms with Crippen molar-refractivity contribution < 1.29 is 19.6 Å². The molecule has 9 heteroatoms. The molecule has 0 spiro atoms. The van der Waals surface area contributed by atoms with Crippen LogP contribution in [0.2, 0.25) is 0 Å². The molecule has 3 rings (SSSR count). The standard InChI is InChI=1S/C19H22N4O5/c1-28-18-5-2-13(10-17(18)24)12-21-19(25)15-11-14(23(26)27)3-4-16(15)22-8-6-20-7-9-22/h2-5,10-11,20,24H,6-9,12H2,1H3,(H,21,25). The summed E-state index contributed by atoms with van der Waals surface area (Å²) in [4.78, 5) is 25.5. The minimum atomic E-state index is -0.514. The maximum absolute atomic E-state index is 12.8. The van der Waals surface area contributed by atoms with Gasteiger partial charge in [-0.15, -0.1) is 0 Å². The number of rotatable bonds is 6. The zero-order valence-corrected chi connectivity index (χ0v) is 15.5. The molecule has 0 unspecified atom stereocenters. The maximum atomic E-state index is 12.8. The molecule has 0 radical (unpaired) electrons. The van der Waals surface area contributed by atoms with Crippen LogP contribution in [0.3, 0.4) is 0 Å². The molecule has 28 heavy (non-hydrogen) atoms. The first-order valence-electron chi connectivity index (χ1n) is 8.88. The Hall–Kier alpha value is -3.33. The van der Waals surface area contributed by atoms with E-state index in [4.69, 9.17) is 4.74 Å². The molecule has 1 saturated heterocycles. The molecule has 1 fully saturated rings. The number of hydrogen-bond acceptors (Lipinski definition) is 7. The van der Waals surface area contributed by atoms with Gasteiger partial charge in [-0.25, -0.2) is 0 Å². The van der Waals surface area contributed by atoms with E-state index >= 15 is 0 Å². The normalized spacial score (nSPS) is 13.8. The number of amides is 1. The van der Waals surface area contributed by atoms with Crippen molar-refractivity contribution in [3.05, 3.63) is 57.6 Å². The second kappa shape index (κ2) is 8.57. The van der Waals surface area contributed by atoms with Crippen LogP contribution in [0.4, 0.5) is 11.4 Å². The Morgan fingerprint density at radius 1 is 1.29 bits per heavy atom. The van der Waals surface area contributed by atoms with E-state index in [2.05, 4.69) is 10.6 Å². The highest BCUT2D eigenvalue weighted by Crippen LogP contribution is 2.27. The van der Waals surface area contributed by atoms with Crippen molar-refractivity contribution in [1.82, 2.24) is 10.6 Å². The van der Waals surface area contributed by atoms with Gasteiger partial charge in [0.2, 0.25) is 0 Å². The van der Waals surface area contributed by atoms with Gasteiger partial charge in [-0.1, -0.05) is 6.07 Å². The molecule has 1 amide bonds. The molecule has 148 valence electrons. The minimum Gasteiger partial charge on any atom is -0.504 e. The van der Waals surface area contributed by atoms with E-state index in [0.29, 0.717) is 30.1 Å². The molecular weight excluding hydrogens is 364 g/mol. The number of anilines is 1. The van der Waals surface area contributed by atoms with Crippen LogP contribution in [0.5, 0.6) is 11.5 Å². The number of nitrogens with zero attached hydrogens (tertiary/aromatic N) is 2. The Bertz CT molecular complexity index is 881. The molecule has 0 atom stereocenters. The predicted octanol–water partition coefficient (Wildman–Crippen LogP) is 1.65. The zero-order valence-electron chi connectivity index (χ0n) is 15.5. The molecule has 0 aliphatic carbocycles. The Balaban J connectivity index is 1.81. The summed E-state index contributed by atoms with van der Waals surface area (Å²) in [7, 11) is 1.45. The highest BCUT2D eigenvalue weighted by molar-refractivity contribution is 6.00. The van der Waals surface area contributed by atoms with Crippen LogP contribution in [0.25, 0.3) is 0 Å². The average molecular weight is 386 g/mol. The third-order valence-corrected chi connectivity index (χ3v) is 4.59. The second-order valence-electron chi connectivity index (χ2n) is 6.38. The van der Waals surface area contributed by atoms with E-state index < -0.39 is 10.8 Å². The molecule has 0 saturated carbocycles. The molecule has 0 bridgehead atoms. The first kappa shape index (κ1) is 19.4. The topological polar surface area (TPSA) is 117 Å². The summed E-state index contributed by atoms with van der Waals surface area (Å²) in [5.41, 5.74) is 1.47. The fourth-order valence-electron chi connectivity index (χ4n) is 3.12. The highest BCUT2D eigenvalue weighted by Gasteiger charge is 2.21. The van der Waals surface area contributed by atoms with Crippen LogP contribution < -0.4 is 20.3 Å². The first-order valence-corrected chi connectivity index (χ1v) is 8.88. The molecule has 2 aromatic carbocycles. The van der Waals surface area contributed by atoms with Crippen molar-refractivity contribution in [3.8, 4) is 11.5 Å². The number of benzene rings is 2. The number of aromatic hydroxyl groups is 1. The number of nitrogens with one attached hydrogen (secondary N) is 2. The largest absolute Gasteiger partial charge is 0.504 e. The summed E-state index contributed by atoms with van der Waals surface area (Å²) in [6.45, 7) is 3.15. The van der Waals surface area contributed by atoms with E-state index in [1.54, 1.807) is 18.2 Å². The van der Waals surface area contributed by atoms with Gasteiger partial charge in [0.1, 0.15) is 0 Å². The lowest BCUT2D eigenvalue weighted by Gasteiger charge is -2.30. The van der Waals surface area contributed by atoms with Gasteiger partial charge in [-0.2, -0.15) is 0 Å². The molecule has 1 aliphatic rings. The van der Waals surface area contributed by atoms with Crippen molar-refractivity contribution in [3.63, 3.8) is 0 Å². The highest BCUT2D eigenvalue weighted by atomic mass is 16.6. The summed E-state index contributed by atoms with van der Waals surface area (Å²) >= 11 is 0. The Morgan fingerprint density at radius 2 is 2.04 bits per heavy atom. The average Bonchev–Trinajstić information content (AvgIpc) is 2.72. The molecular formula is C19H22N4O5. The zero-order chi connectivity index (χ0) is 20.1. The Kier molecular flexibility index (Phi) is 5.95. The summed E-state index contributed by atoms with van der Waals surface area (Å²) in [5.74, 6) is -0.0894. The third-order valence-electron chi connectivity index (χ3n) is 4.59. The van der Waals surface area contributed by atoms with Crippen LogP contribution in [0.15, 0.2) is 36.4 Å². The fraction of sp³-hybridized carbons (Fsp3) is 0.316. The number of phenols is 1. The molecule has 1 aliphatic heterocycles. The van der Waals surface area contributed by atoms with Gasteiger partial charge >= 0.3 is 0 Å². The van der Waals surface area contributed by atoms with Crippen molar-refractivity contribution >= 4 is 17.3 Å². The van der Waals surface area contributed by atoms with Gasteiger partial charge < -0.3 is 25.4 Å². The number of ether oxygens (including phenoxy) is 1. The van der Waals surface area contributed by atoms with Crippen LogP contribution in [-0.4, -0.2) is 49.2 Å². The number of phenolic OH excluding ortho intramolecular Hbond substituents is 1. The summed E-state index contributed by atoms with van der Waals surface area (Å²) < 4.78 is 5.00. The number of carbonyl (C=O) groups is 1. The quantitative estimate of drug-likeness (QED) is 0.510. The number of non-ortho nitro benzene ring substituents is 1. The van der Waals surface area contributed by atoms with Gasteiger partial charge in [-0.05, 0) is 23.8 Å². The van der Waals surface area contributed by atoms with Crippen molar-refractivity contribution in [2.24, 2.45) is 0 Å². The second-order valence-corrected chi connectivity index (χ2v) is 6.38. The molecule has 9 nitrogen and oxygen atoms in total. The van der Waals surface area contributed by atoms with Gasteiger partial charge in [0.05, 0.1) is 23.3 Å². The monoisotopic (exact) mass is 386 g/mol.